The number of nitro groups is 1. The van der Waals surface area contributed by atoms with Crippen LogP contribution in [0.3, 0.4) is 0 Å². The Morgan fingerprint density at radius 3 is 2.30 bits per heavy atom. The Hall–Kier alpha value is -2.48. The molecule has 1 N–H and O–H groups in total. The normalized spacial score (nSPS) is 14.6. The number of ether oxygens (including phenoxy) is 1. The monoisotopic (exact) mass is 323 g/mol. The van der Waals surface area contributed by atoms with Crippen LogP contribution in [-0.4, -0.2) is 42.5 Å². The van der Waals surface area contributed by atoms with Crippen molar-refractivity contribution in [2.24, 2.45) is 0 Å². The van der Waals surface area contributed by atoms with Crippen LogP contribution in [0.15, 0.2) is 24.3 Å². The van der Waals surface area contributed by atoms with Crippen molar-refractivity contribution in [1.82, 2.24) is 5.32 Å². The number of anilines is 1. The second kappa shape index (κ2) is 8.23. The van der Waals surface area contributed by atoms with E-state index in [0.29, 0.717) is 25.2 Å². The Morgan fingerprint density at radius 1 is 1.30 bits per heavy atom. The van der Waals surface area contributed by atoms with Crippen LogP contribution in [-0.2, 0) is 14.3 Å². The molecule has 0 unspecified atom stereocenters. The summed E-state index contributed by atoms with van der Waals surface area (Å²) in [4.78, 5) is 32.8. The second-order valence-corrected chi connectivity index (χ2v) is 5.82. The number of piperazine rings is 1. The molecule has 0 aliphatic carbocycles. The highest BCUT2D eigenvalue weighted by Gasteiger charge is 2.19. The van der Waals surface area contributed by atoms with E-state index in [-0.39, 0.29) is 17.2 Å². The molecular formula is C15H21N3O5. The summed E-state index contributed by atoms with van der Waals surface area (Å²) >= 11 is 0. The number of amides is 1. The van der Waals surface area contributed by atoms with Crippen LogP contribution in [0.25, 0.3) is 0 Å². The highest BCUT2D eigenvalue weighted by Crippen LogP contribution is 2.19. The fraction of sp³-hybridized carbons (Fsp3) is 0.467. The second-order valence-electron chi connectivity index (χ2n) is 5.82. The van der Waals surface area contributed by atoms with Gasteiger partial charge in [0.25, 0.3) is 12.2 Å². The smallest absolute Gasteiger partial charge is 0.293 e. The van der Waals surface area contributed by atoms with Gasteiger partial charge >= 0.3 is 0 Å². The van der Waals surface area contributed by atoms with Crippen molar-refractivity contribution < 1.29 is 19.2 Å². The fourth-order valence-corrected chi connectivity index (χ4v) is 1.78. The predicted molar refractivity (Wildman–Crippen MR) is 85.2 cm³/mol. The lowest BCUT2D eigenvalue weighted by molar-refractivity contribution is -0.384. The first-order valence-corrected chi connectivity index (χ1v) is 7.11. The van der Waals surface area contributed by atoms with Crippen molar-refractivity contribution >= 4 is 23.8 Å². The van der Waals surface area contributed by atoms with Gasteiger partial charge in [-0.2, -0.15) is 0 Å². The van der Waals surface area contributed by atoms with Crippen molar-refractivity contribution in [3.05, 3.63) is 34.4 Å². The Morgan fingerprint density at radius 2 is 1.91 bits per heavy atom. The number of nitrogens with one attached hydrogen (secondary N) is 1. The van der Waals surface area contributed by atoms with Gasteiger partial charge in [0.15, 0.2) is 0 Å². The minimum absolute atomic E-state index is 0.0138. The third-order valence-corrected chi connectivity index (χ3v) is 2.86. The maximum atomic E-state index is 11.5. The van der Waals surface area contributed by atoms with Gasteiger partial charge in [-0.05, 0) is 32.9 Å². The zero-order valence-electron chi connectivity index (χ0n) is 13.4. The van der Waals surface area contributed by atoms with Gasteiger partial charge in [0.1, 0.15) is 5.60 Å². The zero-order chi connectivity index (χ0) is 17.5. The van der Waals surface area contributed by atoms with Gasteiger partial charge < -0.3 is 15.0 Å². The van der Waals surface area contributed by atoms with Gasteiger partial charge in [0, 0.05) is 30.9 Å². The average Bonchev–Trinajstić information content (AvgIpc) is 2.47. The molecule has 1 aromatic carbocycles. The van der Waals surface area contributed by atoms with E-state index in [0.717, 1.165) is 6.54 Å². The molecule has 1 aliphatic rings. The van der Waals surface area contributed by atoms with Crippen LogP contribution < -0.4 is 10.2 Å². The molecular weight excluding hydrogens is 302 g/mol. The van der Waals surface area contributed by atoms with E-state index in [1.807, 2.05) is 20.8 Å². The van der Waals surface area contributed by atoms with Crippen LogP contribution in [0.2, 0.25) is 0 Å². The summed E-state index contributed by atoms with van der Waals surface area (Å²) < 4.78 is 4.55. The van der Waals surface area contributed by atoms with Crippen molar-refractivity contribution in [3.8, 4) is 0 Å². The number of benzene rings is 1. The molecule has 8 heteroatoms. The van der Waals surface area contributed by atoms with E-state index in [1.165, 1.54) is 12.1 Å². The fourth-order valence-electron chi connectivity index (χ4n) is 1.78. The Balaban J connectivity index is 0.000000322. The summed E-state index contributed by atoms with van der Waals surface area (Å²) in [6, 6.07) is 6.01. The third-order valence-electron chi connectivity index (χ3n) is 2.86. The molecule has 0 saturated carbocycles. The quantitative estimate of drug-likeness (QED) is 0.514. The molecule has 0 atom stereocenters. The summed E-state index contributed by atoms with van der Waals surface area (Å²) in [7, 11) is 0. The van der Waals surface area contributed by atoms with Gasteiger partial charge in [-0.1, -0.05) is 0 Å². The predicted octanol–water partition coefficient (Wildman–Crippen LogP) is 1.49. The van der Waals surface area contributed by atoms with Crippen molar-refractivity contribution in [2.75, 3.05) is 24.5 Å². The number of hydrogen-bond donors (Lipinski definition) is 1. The Labute approximate surface area is 134 Å². The molecule has 126 valence electrons. The zero-order valence-corrected chi connectivity index (χ0v) is 13.4. The van der Waals surface area contributed by atoms with Crippen molar-refractivity contribution in [3.63, 3.8) is 0 Å². The van der Waals surface area contributed by atoms with Gasteiger partial charge in [0.2, 0.25) is 5.91 Å². The molecule has 1 heterocycles. The largest absolute Gasteiger partial charge is 0.462 e. The van der Waals surface area contributed by atoms with Crippen LogP contribution in [0.4, 0.5) is 11.4 Å². The molecule has 0 spiro atoms. The molecule has 1 saturated heterocycles. The number of nitro benzene ring substituents is 1. The van der Waals surface area contributed by atoms with E-state index in [1.54, 1.807) is 17.0 Å². The van der Waals surface area contributed by atoms with E-state index in [2.05, 4.69) is 10.1 Å². The van der Waals surface area contributed by atoms with Crippen molar-refractivity contribution in [2.45, 2.75) is 26.4 Å². The highest BCUT2D eigenvalue weighted by atomic mass is 16.6. The molecule has 8 nitrogen and oxygen atoms in total. The average molecular weight is 323 g/mol. The van der Waals surface area contributed by atoms with Crippen molar-refractivity contribution in [1.29, 1.82) is 0 Å². The van der Waals surface area contributed by atoms with Crippen LogP contribution in [0.1, 0.15) is 20.8 Å². The Kier molecular flexibility index (Phi) is 6.65. The number of rotatable bonds is 3. The first-order chi connectivity index (χ1) is 10.7. The number of hydrogen-bond acceptors (Lipinski definition) is 6. The van der Waals surface area contributed by atoms with E-state index in [4.69, 9.17) is 0 Å². The topological polar surface area (TPSA) is 102 Å². The standard InChI is InChI=1S/C10H11N3O3.C5H10O2/c14-10-7-11-5-6-12(10)8-1-3-9(4-2-8)13(15)16;1-5(2,3)7-4-6/h1-4,11H,5-7H2;4H,1-3H3. The number of carbonyl (C=O) groups is 2. The summed E-state index contributed by atoms with van der Waals surface area (Å²) in [6.45, 7) is 7.57. The van der Waals surface area contributed by atoms with Crippen LogP contribution in [0.5, 0.6) is 0 Å². The van der Waals surface area contributed by atoms with E-state index in [9.17, 15) is 19.7 Å². The molecule has 2 rings (SSSR count). The lowest BCUT2D eigenvalue weighted by Crippen LogP contribution is -2.48. The Bertz CT molecular complexity index is 551. The summed E-state index contributed by atoms with van der Waals surface area (Å²) in [5, 5.41) is 13.4. The van der Waals surface area contributed by atoms with Crippen LogP contribution >= 0.6 is 0 Å². The first kappa shape index (κ1) is 18.6. The van der Waals surface area contributed by atoms with Gasteiger partial charge in [0.05, 0.1) is 11.5 Å². The number of non-ortho nitro benzene ring substituents is 1. The lowest BCUT2D eigenvalue weighted by Gasteiger charge is -2.27. The van der Waals surface area contributed by atoms with Crippen LogP contribution in [0, 0.1) is 10.1 Å². The minimum Gasteiger partial charge on any atom is -0.462 e. The summed E-state index contributed by atoms with van der Waals surface area (Å²) in [5.41, 5.74) is 0.422. The van der Waals surface area contributed by atoms with Gasteiger partial charge in [-0.25, -0.2) is 0 Å². The number of carbonyl (C=O) groups excluding carboxylic acids is 2. The maximum Gasteiger partial charge on any atom is 0.293 e. The molecule has 0 bridgehead atoms. The maximum absolute atomic E-state index is 11.5. The first-order valence-electron chi connectivity index (χ1n) is 7.11. The molecule has 0 aromatic heterocycles. The molecule has 0 radical (unpaired) electrons. The molecule has 23 heavy (non-hydrogen) atoms. The summed E-state index contributed by atoms with van der Waals surface area (Å²) in [6.07, 6.45) is 0. The molecule has 1 aromatic rings. The highest BCUT2D eigenvalue weighted by molar-refractivity contribution is 5.95. The number of nitrogens with zero attached hydrogens (tertiary/aromatic N) is 2. The molecule has 1 aliphatic heterocycles. The third kappa shape index (κ3) is 6.43. The molecule has 1 amide bonds. The van der Waals surface area contributed by atoms with E-state index < -0.39 is 4.92 Å². The van der Waals surface area contributed by atoms with E-state index >= 15 is 0 Å². The minimum atomic E-state index is -0.455. The van der Waals surface area contributed by atoms with Gasteiger partial charge in [-0.3, -0.25) is 19.7 Å². The lowest BCUT2D eigenvalue weighted by atomic mass is 10.2. The summed E-state index contributed by atoms with van der Waals surface area (Å²) in [5.74, 6) is -0.0138. The SMILES string of the molecule is CC(C)(C)OC=O.O=C1CNCCN1c1ccc([N+](=O)[O-])cc1. The van der Waals surface area contributed by atoms with Gasteiger partial charge in [-0.15, -0.1) is 0 Å². The molecule has 1 fully saturated rings.